The first-order chi connectivity index (χ1) is 9.49. The molecule has 4 nitrogen and oxygen atoms in total. The van der Waals surface area contributed by atoms with Crippen molar-refractivity contribution in [2.24, 2.45) is 5.92 Å². The summed E-state index contributed by atoms with van der Waals surface area (Å²) in [5.74, 6) is 0.378. The van der Waals surface area contributed by atoms with Crippen LogP contribution in [0.25, 0.3) is 0 Å². The Morgan fingerprint density at radius 1 is 1.35 bits per heavy atom. The van der Waals surface area contributed by atoms with E-state index in [9.17, 15) is 9.59 Å². The van der Waals surface area contributed by atoms with Crippen LogP contribution in [0, 0.1) is 5.92 Å². The summed E-state index contributed by atoms with van der Waals surface area (Å²) in [6.45, 7) is 6.30. The Bertz CT molecular complexity index is 405. The molecule has 0 spiro atoms. The molecular formula is C15H23IN2O2. The first kappa shape index (κ1) is 15.9. The van der Waals surface area contributed by atoms with Crippen LogP contribution >= 0.6 is 22.9 Å². The van der Waals surface area contributed by atoms with Crippen molar-refractivity contribution in [1.29, 1.82) is 0 Å². The Balaban J connectivity index is 1.98. The summed E-state index contributed by atoms with van der Waals surface area (Å²) in [5, 5.41) is 3.00. The Kier molecular flexibility index (Phi) is 5.60. The van der Waals surface area contributed by atoms with Crippen molar-refractivity contribution in [1.82, 2.24) is 8.43 Å². The summed E-state index contributed by atoms with van der Waals surface area (Å²) in [6.07, 6.45) is 6.39. The summed E-state index contributed by atoms with van der Waals surface area (Å²) in [7, 11) is 0. The van der Waals surface area contributed by atoms with Crippen LogP contribution < -0.4 is 5.32 Å². The zero-order chi connectivity index (χ0) is 14.7. The maximum absolute atomic E-state index is 12.4. The molecule has 1 N–H and O–H groups in total. The molecule has 1 saturated heterocycles. The highest BCUT2D eigenvalue weighted by atomic mass is 127. The minimum atomic E-state index is -0.304. The zero-order valence-electron chi connectivity index (χ0n) is 12.0. The van der Waals surface area contributed by atoms with E-state index in [0.29, 0.717) is 12.3 Å². The van der Waals surface area contributed by atoms with E-state index >= 15 is 0 Å². The molecule has 20 heavy (non-hydrogen) atoms. The Morgan fingerprint density at radius 3 is 2.50 bits per heavy atom. The van der Waals surface area contributed by atoms with Crippen molar-refractivity contribution in [3.8, 4) is 0 Å². The Labute approximate surface area is 134 Å². The first-order valence-electron chi connectivity index (χ1n) is 7.39. The van der Waals surface area contributed by atoms with Gasteiger partial charge in [-0.15, -0.1) is 0 Å². The lowest BCUT2D eigenvalue weighted by Crippen LogP contribution is -2.50. The lowest BCUT2D eigenvalue weighted by atomic mass is 9.82. The highest BCUT2D eigenvalue weighted by Crippen LogP contribution is 2.28. The molecule has 1 aliphatic heterocycles. The van der Waals surface area contributed by atoms with E-state index in [1.54, 1.807) is 6.92 Å². The third-order valence-corrected chi connectivity index (χ3v) is 5.37. The van der Waals surface area contributed by atoms with Crippen LogP contribution in [-0.2, 0) is 9.59 Å². The zero-order valence-corrected chi connectivity index (χ0v) is 14.2. The maximum Gasteiger partial charge on any atom is 0.239 e. The number of carbonyl (C=O) groups is 2. The highest BCUT2D eigenvalue weighted by Gasteiger charge is 2.35. The third-order valence-electron chi connectivity index (χ3n) is 4.35. The van der Waals surface area contributed by atoms with Gasteiger partial charge in [-0.25, -0.2) is 3.11 Å². The van der Waals surface area contributed by atoms with E-state index in [2.05, 4.69) is 34.8 Å². The van der Waals surface area contributed by atoms with Gasteiger partial charge in [0.05, 0.1) is 6.04 Å². The molecule has 0 aromatic carbocycles. The second-order valence-electron chi connectivity index (χ2n) is 6.02. The molecule has 0 unspecified atom stereocenters. The van der Waals surface area contributed by atoms with Gasteiger partial charge >= 0.3 is 0 Å². The number of hydrogen-bond acceptors (Lipinski definition) is 3. The van der Waals surface area contributed by atoms with Gasteiger partial charge in [-0.05, 0) is 32.1 Å². The summed E-state index contributed by atoms with van der Waals surface area (Å²) in [6, 6.07) is -0.477. The summed E-state index contributed by atoms with van der Waals surface area (Å²) in [4.78, 5) is 24.3. The van der Waals surface area contributed by atoms with E-state index < -0.39 is 0 Å². The predicted octanol–water partition coefficient (Wildman–Crippen LogP) is 2.62. The molecule has 2 rings (SSSR count). The molecule has 1 aliphatic carbocycles. The van der Waals surface area contributed by atoms with Gasteiger partial charge in [0.1, 0.15) is 6.04 Å². The molecule has 0 aromatic heterocycles. The number of amides is 1. The molecule has 112 valence electrons. The van der Waals surface area contributed by atoms with Crippen LogP contribution in [0.1, 0.15) is 45.4 Å². The topological polar surface area (TPSA) is 49.4 Å². The van der Waals surface area contributed by atoms with Crippen LogP contribution in [0.2, 0.25) is 0 Å². The molecule has 1 amide bonds. The Morgan fingerprint density at radius 2 is 2.00 bits per heavy atom. The molecular weight excluding hydrogens is 367 g/mol. The molecule has 2 aliphatic rings. The third kappa shape index (κ3) is 3.81. The van der Waals surface area contributed by atoms with Crippen molar-refractivity contribution in [2.45, 2.75) is 57.5 Å². The summed E-state index contributed by atoms with van der Waals surface area (Å²) in [5.41, 5.74) is 1.08. The lowest BCUT2D eigenvalue weighted by Gasteiger charge is -2.30. The number of carbonyl (C=O) groups excluding carboxylic acids is 2. The van der Waals surface area contributed by atoms with Gasteiger partial charge in [0.15, 0.2) is 5.78 Å². The lowest BCUT2D eigenvalue weighted by molar-refractivity contribution is -0.130. The minimum Gasteiger partial charge on any atom is -0.345 e. The van der Waals surface area contributed by atoms with Gasteiger partial charge in [0.25, 0.3) is 0 Å². The normalized spacial score (nSPS) is 26.5. The van der Waals surface area contributed by atoms with Gasteiger partial charge in [-0.2, -0.15) is 0 Å². The smallest absolute Gasteiger partial charge is 0.239 e. The second kappa shape index (κ2) is 7.02. The monoisotopic (exact) mass is 390 g/mol. The predicted molar refractivity (Wildman–Crippen MR) is 87.5 cm³/mol. The molecule has 2 fully saturated rings. The van der Waals surface area contributed by atoms with E-state index in [1.807, 2.05) is 3.11 Å². The van der Waals surface area contributed by atoms with Crippen molar-refractivity contribution in [3.05, 3.63) is 12.2 Å². The van der Waals surface area contributed by atoms with E-state index in [-0.39, 0.29) is 23.8 Å². The van der Waals surface area contributed by atoms with E-state index in [1.165, 1.54) is 19.3 Å². The van der Waals surface area contributed by atoms with Crippen LogP contribution in [0.5, 0.6) is 0 Å². The van der Waals surface area contributed by atoms with E-state index in [0.717, 1.165) is 25.0 Å². The fourth-order valence-electron chi connectivity index (χ4n) is 3.25. The number of hydrogen-bond donors (Lipinski definition) is 1. The largest absolute Gasteiger partial charge is 0.345 e. The maximum atomic E-state index is 12.4. The molecule has 0 aromatic rings. The number of Topliss-reactive ketones (excluding diaryl/α,β-unsaturated/α-hetero) is 1. The number of nitrogens with zero attached hydrogens (tertiary/aromatic N) is 1. The molecule has 0 radical (unpaired) electrons. The average molecular weight is 390 g/mol. The number of ketones is 1. The molecule has 2 atom stereocenters. The highest BCUT2D eigenvalue weighted by molar-refractivity contribution is 14.1. The molecule has 5 heteroatoms. The molecule has 1 heterocycles. The van der Waals surface area contributed by atoms with Crippen molar-refractivity contribution < 1.29 is 9.59 Å². The average Bonchev–Trinajstić information content (AvgIpc) is 2.75. The van der Waals surface area contributed by atoms with Crippen LogP contribution in [-0.4, -0.2) is 33.4 Å². The van der Waals surface area contributed by atoms with Crippen LogP contribution in [0.4, 0.5) is 0 Å². The van der Waals surface area contributed by atoms with Gasteiger partial charge in [-0.1, -0.05) is 31.4 Å². The van der Waals surface area contributed by atoms with Gasteiger partial charge in [0.2, 0.25) is 5.91 Å². The first-order valence-corrected chi connectivity index (χ1v) is 8.35. The number of nitrogens with one attached hydrogen (secondary N) is 1. The van der Waals surface area contributed by atoms with Gasteiger partial charge < -0.3 is 5.32 Å². The van der Waals surface area contributed by atoms with Gasteiger partial charge in [0, 0.05) is 29.4 Å². The standard InChI is InChI=1S/C15H23IN2O2/c1-10-8-13(18(16)9-10)15(20)17-14(11(2)19)12-6-4-3-5-7-12/h12-14H,1,3-9H2,2H3,(H,17,20)/t13-,14+/m0/s1. The van der Waals surface area contributed by atoms with Crippen molar-refractivity contribution in [2.75, 3.05) is 6.54 Å². The van der Waals surface area contributed by atoms with E-state index in [4.69, 9.17) is 0 Å². The molecule has 0 bridgehead atoms. The number of rotatable bonds is 4. The van der Waals surface area contributed by atoms with Crippen LogP contribution in [0.15, 0.2) is 12.2 Å². The SMILES string of the molecule is C=C1C[C@@H](C(=O)N[C@H](C(C)=O)C2CCCCC2)N(I)C1. The summed E-state index contributed by atoms with van der Waals surface area (Å²) < 4.78 is 1.98. The number of halogens is 1. The van der Waals surface area contributed by atoms with Crippen molar-refractivity contribution >= 4 is 34.6 Å². The quantitative estimate of drug-likeness (QED) is 0.456. The second-order valence-corrected chi connectivity index (χ2v) is 7.26. The minimum absolute atomic E-state index is 0.0242. The van der Waals surface area contributed by atoms with Gasteiger partial charge in [-0.3, -0.25) is 9.59 Å². The fourth-order valence-corrected chi connectivity index (χ4v) is 4.18. The summed E-state index contributed by atoms with van der Waals surface area (Å²) >= 11 is 2.17. The van der Waals surface area contributed by atoms with Crippen molar-refractivity contribution in [3.63, 3.8) is 0 Å². The fraction of sp³-hybridized carbons (Fsp3) is 0.733. The van der Waals surface area contributed by atoms with Crippen LogP contribution in [0.3, 0.4) is 0 Å². The Hall–Kier alpha value is -0.430. The molecule has 1 saturated carbocycles.